The van der Waals surface area contributed by atoms with Crippen LogP contribution in [0.2, 0.25) is 0 Å². The number of carbonyl (C=O) groups excluding carboxylic acids is 2. The summed E-state index contributed by atoms with van der Waals surface area (Å²) in [5.41, 5.74) is 0. The minimum Gasteiger partial charge on any atom is -0.356 e. The van der Waals surface area contributed by atoms with Crippen molar-refractivity contribution in [3.8, 4) is 0 Å². The highest BCUT2D eigenvalue weighted by atomic mass is 16.2. The van der Waals surface area contributed by atoms with E-state index in [-0.39, 0.29) is 17.9 Å². The van der Waals surface area contributed by atoms with Crippen LogP contribution in [0, 0.1) is 11.8 Å². The molecule has 0 aromatic carbocycles. The topological polar surface area (TPSA) is 64.7 Å². The lowest BCUT2D eigenvalue weighted by Gasteiger charge is -2.34. The molecule has 3 aliphatic heterocycles. The third kappa shape index (κ3) is 4.37. The molecule has 3 fully saturated rings. The van der Waals surface area contributed by atoms with E-state index in [1.54, 1.807) is 0 Å². The minimum atomic E-state index is 0.0779. The van der Waals surface area contributed by atoms with Gasteiger partial charge in [0.1, 0.15) is 0 Å². The van der Waals surface area contributed by atoms with Gasteiger partial charge in [-0.3, -0.25) is 4.79 Å². The van der Waals surface area contributed by atoms with Gasteiger partial charge in [-0.2, -0.15) is 0 Å². The van der Waals surface area contributed by atoms with E-state index in [4.69, 9.17) is 0 Å². The average Bonchev–Trinajstić information content (AvgIpc) is 3.15. The van der Waals surface area contributed by atoms with Crippen LogP contribution < -0.4 is 10.6 Å². The van der Waals surface area contributed by atoms with Crippen LogP contribution in [-0.2, 0) is 4.79 Å². The van der Waals surface area contributed by atoms with Crippen LogP contribution in [0.3, 0.4) is 0 Å². The number of hydrogen-bond acceptors (Lipinski definition) is 3. The molecular weight excluding hydrogens is 292 g/mol. The predicted molar refractivity (Wildman–Crippen MR) is 89.1 cm³/mol. The molecule has 130 valence electrons. The van der Waals surface area contributed by atoms with Gasteiger partial charge in [-0.15, -0.1) is 0 Å². The van der Waals surface area contributed by atoms with E-state index < -0.39 is 0 Å². The van der Waals surface area contributed by atoms with E-state index in [1.807, 2.05) is 9.80 Å². The summed E-state index contributed by atoms with van der Waals surface area (Å²) in [6, 6.07) is 0.176. The Kier molecular flexibility index (Phi) is 5.75. The number of amides is 3. The van der Waals surface area contributed by atoms with Gasteiger partial charge in [0.15, 0.2) is 0 Å². The SMILES string of the molecule is O=C(NCC1CCCNC1)C1CCN(C(=O)N2CCCC2)CC1. The Bertz CT molecular complexity index is 409. The van der Waals surface area contributed by atoms with Crippen molar-refractivity contribution >= 4 is 11.9 Å². The first kappa shape index (κ1) is 16.6. The Morgan fingerprint density at radius 1 is 0.957 bits per heavy atom. The first-order valence-corrected chi connectivity index (χ1v) is 9.26. The molecule has 0 spiro atoms. The summed E-state index contributed by atoms with van der Waals surface area (Å²) in [7, 11) is 0. The number of nitrogens with zero attached hydrogens (tertiary/aromatic N) is 2. The Labute approximate surface area is 139 Å². The van der Waals surface area contributed by atoms with E-state index in [0.29, 0.717) is 5.92 Å². The molecule has 0 aromatic heterocycles. The highest BCUT2D eigenvalue weighted by Gasteiger charge is 2.30. The van der Waals surface area contributed by atoms with Gasteiger partial charge < -0.3 is 20.4 Å². The quantitative estimate of drug-likeness (QED) is 0.816. The fourth-order valence-corrected chi connectivity index (χ4v) is 3.93. The zero-order valence-corrected chi connectivity index (χ0v) is 14.1. The molecule has 3 rings (SSSR count). The van der Waals surface area contributed by atoms with Gasteiger partial charge in [0.2, 0.25) is 5.91 Å². The average molecular weight is 322 g/mol. The van der Waals surface area contributed by atoms with E-state index in [1.165, 1.54) is 12.8 Å². The molecule has 0 aliphatic carbocycles. The first-order chi connectivity index (χ1) is 11.2. The van der Waals surface area contributed by atoms with Gasteiger partial charge in [-0.1, -0.05) is 0 Å². The largest absolute Gasteiger partial charge is 0.356 e. The molecular formula is C17H30N4O2. The Morgan fingerprint density at radius 2 is 1.65 bits per heavy atom. The second-order valence-corrected chi connectivity index (χ2v) is 7.20. The number of rotatable bonds is 3. The van der Waals surface area contributed by atoms with Crippen molar-refractivity contribution in [3.05, 3.63) is 0 Å². The molecule has 0 saturated carbocycles. The van der Waals surface area contributed by atoms with E-state index in [9.17, 15) is 9.59 Å². The van der Waals surface area contributed by atoms with Crippen LogP contribution in [0.5, 0.6) is 0 Å². The summed E-state index contributed by atoms with van der Waals surface area (Å²) < 4.78 is 0. The molecule has 1 unspecified atom stereocenters. The van der Waals surface area contributed by atoms with Crippen molar-refractivity contribution in [2.24, 2.45) is 11.8 Å². The Morgan fingerprint density at radius 3 is 2.30 bits per heavy atom. The molecule has 3 saturated heterocycles. The lowest BCUT2D eigenvalue weighted by atomic mass is 9.95. The van der Waals surface area contributed by atoms with Crippen molar-refractivity contribution in [1.29, 1.82) is 0 Å². The van der Waals surface area contributed by atoms with Crippen molar-refractivity contribution in [2.75, 3.05) is 45.8 Å². The highest BCUT2D eigenvalue weighted by molar-refractivity contribution is 5.79. The zero-order valence-electron chi connectivity index (χ0n) is 14.1. The third-order valence-corrected chi connectivity index (χ3v) is 5.48. The number of nitrogens with one attached hydrogen (secondary N) is 2. The molecule has 0 aromatic rings. The maximum Gasteiger partial charge on any atom is 0.319 e. The predicted octanol–water partition coefficient (Wildman–Crippen LogP) is 1.03. The summed E-state index contributed by atoms with van der Waals surface area (Å²) in [5.74, 6) is 0.836. The zero-order chi connectivity index (χ0) is 16.1. The van der Waals surface area contributed by atoms with Gasteiger partial charge in [0, 0.05) is 38.6 Å². The molecule has 0 radical (unpaired) electrons. The normalized spacial score (nSPS) is 26.3. The molecule has 0 bridgehead atoms. The summed E-state index contributed by atoms with van der Waals surface area (Å²) in [4.78, 5) is 28.6. The van der Waals surface area contributed by atoms with Crippen LogP contribution in [0.1, 0.15) is 38.5 Å². The molecule has 1 atom stereocenters. The van der Waals surface area contributed by atoms with E-state index >= 15 is 0 Å². The number of hydrogen-bond donors (Lipinski definition) is 2. The maximum atomic E-state index is 12.4. The summed E-state index contributed by atoms with van der Waals surface area (Å²) >= 11 is 0. The fraction of sp³-hybridized carbons (Fsp3) is 0.882. The Balaban J connectivity index is 1.37. The number of urea groups is 1. The smallest absolute Gasteiger partial charge is 0.319 e. The maximum absolute atomic E-state index is 12.4. The standard InChI is InChI=1S/C17H30N4O2/c22-16(19-13-14-4-3-7-18-12-14)15-5-10-21(11-6-15)17(23)20-8-1-2-9-20/h14-15,18H,1-13H2,(H,19,22). The van der Waals surface area contributed by atoms with E-state index in [2.05, 4.69) is 10.6 Å². The molecule has 3 aliphatic rings. The van der Waals surface area contributed by atoms with Crippen LogP contribution in [0.15, 0.2) is 0 Å². The summed E-state index contributed by atoms with van der Waals surface area (Å²) in [6.07, 6.45) is 6.26. The van der Waals surface area contributed by atoms with Crippen LogP contribution in [-0.4, -0.2) is 67.6 Å². The van der Waals surface area contributed by atoms with Gasteiger partial charge in [0.25, 0.3) is 0 Å². The molecule has 2 N–H and O–H groups in total. The molecule has 6 heteroatoms. The van der Waals surface area contributed by atoms with Crippen molar-refractivity contribution in [3.63, 3.8) is 0 Å². The second-order valence-electron chi connectivity index (χ2n) is 7.20. The number of piperidine rings is 2. The van der Waals surface area contributed by atoms with Gasteiger partial charge >= 0.3 is 6.03 Å². The lowest BCUT2D eigenvalue weighted by molar-refractivity contribution is -0.126. The minimum absolute atomic E-state index is 0.0779. The third-order valence-electron chi connectivity index (χ3n) is 5.48. The fourth-order valence-electron chi connectivity index (χ4n) is 3.93. The summed E-state index contributed by atoms with van der Waals surface area (Å²) in [6.45, 7) is 6.15. The van der Waals surface area contributed by atoms with Crippen molar-refractivity contribution in [1.82, 2.24) is 20.4 Å². The van der Waals surface area contributed by atoms with Gasteiger partial charge in [-0.05, 0) is 57.5 Å². The number of likely N-dealkylation sites (tertiary alicyclic amines) is 2. The van der Waals surface area contributed by atoms with E-state index in [0.717, 1.165) is 71.5 Å². The molecule has 23 heavy (non-hydrogen) atoms. The van der Waals surface area contributed by atoms with Crippen molar-refractivity contribution in [2.45, 2.75) is 38.5 Å². The highest BCUT2D eigenvalue weighted by Crippen LogP contribution is 2.20. The lowest BCUT2D eigenvalue weighted by Crippen LogP contribution is -2.48. The number of carbonyl (C=O) groups is 2. The molecule has 3 amide bonds. The van der Waals surface area contributed by atoms with Gasteiger partial charge in [-0.25, -0.2) is 4.79 Å². The van der Waals surface area contributed by atoms with Crippen LogP contribution in [0.25, 0.3) is 0 Å². The first-order valence-electron chi connectivity index (χ1n) is 9.26. The molecule has 3 heterocycles. The molecule has 6 nitrogen and oxygen atoms in total. The van der Waals surface area contributed by atoms with Gasteiger partial charge in [0.05, 0.1) is 0 Å². The van der Waals surface area contributed by atoms with Crippen LogP contribution in [0.4, 0.5) is 4.79 Å². The second kappa shape index (κ2) is 7.99. The van der Waals surface area contributed by atoms with Crippen molar-refractivity contribution < 1.29 is 9.59 Å². The Hall–Kier alpha value is -1.30. The van der Waals surface area contributed by atoms with Crippen LogP contribution >= 0.6 is 0 Å². The monoisotopic (exact) mass is 322 g/mol. The summed E-state index contributed by atoms with van der Waals surface area (Å²) in [5, 5.41) is 6.51.